The molecule has 0 saturated carbocycles. The van der Waals surface area contributed by atoms with E-state index in [2.05, 4.69) is 30.0 Å². The van der Waals surface area contributed by atoms with Crippen LogP contribution in [0, 0.1) is 6.92 Å². The van der Waals surface area contributed by atoms with E-state index >= 15 is 0 Å². The predicted octanol–water partition coefficient (Wildman–Crippen LogP) is 3.00. The summed E-state index contributed by atoms with van der Waals surface area (Å²) in [6.07, 6.45) is 4.64. The first-order valence-electron chi connectivity index (χ1n) is 6.73. The van der Waals surface area contributed by atoms with Crippen molar-refractivity contribution in [1.82, 2.24) is 0 Å². The monoisotopic (exact) mass is 247 g/mol. The van der Waals surface area contributed by atoms with Gasteiger partial charge in [0.15, 0.2) is 0 Å². The van der Waals surface area contributed by atoms with Gasteiger partial charge >= 0.3 is 5.97 Å². The summed E-state index contributed by atoms with van der Waals surface area (Å²) in [5, 5.41) is 8.83. The molecule has 1 aromatic carbocycles. The third kappa shape index (κ3) is 3.25. The largest absolute Gasteiger partial charge is 0.481 e. The van der Waals surface area contributed by atoms with Crippen molar-refractivity contribution in [1.29, 1.82) is 0 Å². The molecule has 0 aliphatic carbocycles. The molecule has 0 spiro atoms. The van der Waals surface area contributed by atoms with Gasteiger partial charge in [0.25, 0.3) is 0 Å². The molecule has 98 valence electrons. The lowest BCUT2D eigenvalue weighted by Gasteiger charge is -2.30. The molecule has 18 heavy (non-hydrogen) atoms. The molecular formula is C15H21NO2. The molecule has 0 radical (unpaired) electrons. The molecular weight excluding hydrogens is 226 g/mol. The second-order valence-corrected chi connectivity index (χ2v) is 5.07. The summed E-state index contributed by atoms with van der Waals surface area (Å²) in [6, 6.07) is 6.40. The van der Waals surface area contributed by atoms with Gasteiger partial charge in [0.2, 0.25) is 0 Å². The number of piperidine rings is 1. The number of benzene rings is 1. The number of nitrogens with zero attached hydrogens (tertiary/aromatic N) is 1. The van der Waals surface area contributed by atoms with Crippen LogP contribution in [-0.4, -0.2) is 24.2 Å². The number of rotatable bonds is 4. The van der Waals surface area contributed by atoms with Gasteiger partial charge in [-0.1, -0.05) is 17.7 Å². The van der Waals surface area contributed by atoms with Crippen molar-refractivity contribution in [3.05, 3.63) is 29.3 Å². The van der Waals surface area contributed by atoms with Gasteiger partial charge in [-0.3, -0.25) is 4.79 Å². The molecule has 0 bridgehead atoms. The third-order valence-corrected chi connectivity index (χ3v) is 3.54. The second-order valence-electron chi connectivity index (χ2n) is 5.07. The van der Waals surface area contributed by atoms with Crippen molar-refractivity contribution >= 4 is 11.7 Å². The number of carbonyl (C=O) groups is 1. The Bertz CT molecular complexity index is 423. The van der Waals surface area contributed by atoms with E-state index in [-0.39, 0.29) is 6.42 Å². The van der Waals surface area contributed by atoms with Gasteiger partial charge < -0.3 is 10.0 Å². The van der Waals surface area contributed by atoms with Crippen molar-refractivity contribution in [3.63, 3.8) is 0 Å². The zero-order valence-electron chi connectivity index (χ0n) is 11.0. The highest BCUT2D eigenvalue weighted by Gasteiger charge is 2.14. The lowest BCUT2D eigenvalue weighted by molar-refractivity contribution is -0.136. The Morgan fingerprint density at radius 3 is 2.67 bits per heavy atom. The molecule has 1 aliphatic rings. The van der Waals surface area contributed by atoms with E-state index in [1.165, 1.54) is 36.1 Å². The number of carboxylic acids is 1. The number of aryl methyl sites for hydroxylation is 2. The second kappa shape index (κ2) is 5.89. The van der Waals surface area contributed by atoms with Crippen LogP contribution in [0.25, 0.3) is 0 Å². The van der Waals surface area contributed by atoms with Crippen molar-refractivity contribution in [3.8, 4) is 0 Å². The zero-order chi connectivity index (χ0) is 13.0. The Balaban J connectivity index is 2.18. The molecule has 0 amide bonds. The SMILES string of the molecule is Cc1ccc(N2CCCCC2)c(CCC(=O)O)c1. The summed E-state index contributed by atoms with van der Waals surface area (Å²) in [5.41, 5.74) is 3.62. The van der Waals surface area contributed by atoms with Crippen LogP contribution in [-0.2, 0) is 11.2 Å². The Morgan fingerprint density at radius 1 is 1.28 bits per heavy atom. The van der Waals surface area contributed by atoms with E-state index in [1.807, 2.05) is 0 Å². The number of hydrogen-bond acceptors (Lipinski definition) is 2. The Hall–Kier alpha value is -1.51. The van der Waals surface area contributed by atoms with Crippen LogP contribution in [0.2, 0.25) is 0 Å². The summed E-state index contributed by atoms with van der Waals surface area (Å²) in [5.74, 6) is -0.721. The quantitative estimate of drug-likeness (QED) is 0.889. The first-order valence-corrected chi connectivity index (χ1v) is 6.73. The van der Waals surface area contributed by atoms with Crippen LogP contribution in [0.1, 0.15) is 36.8 Å². The third-order valence-electron chi connectivity index (χ3n) is 3.54. The fourth-order valence-corrected chi connectivity index (χ4v) is 2.60. The minimum Gasteiger partial charge on any atom is -0.481 e. The van der Waals surface area contributed by atoms with Crippen molar-refractivity contribution in [2.75, 3.05) is 18.0 Å². The van der Waals surface area contributed by atoms with Gasteiger partial charge in [-0.2, -0.15) is 0 Å². The van der Waals surface area contributed by atoms with Crippen LogP contribution in [0.5, 0.6) is 0 Å². The molecule has 1 aliphatic heterocycles. The van der Waals surface area contributed by atoms with Crippen molar-refractivity contribution in [2.45, 2.75) is 39.0 Å². The van der Waals surface area contributed by atoms with Crippen LogP contribution in [0.15, 0.2) is 18.2 Å². The predicted molar refractivity (Wildman–Crippen MR) is 73.2 cm³/mol. The summed E-state index contributed by atoms with van der Waals surface area (Å²) >= 11 is 0. The average molecular weight is 247 g/mol. The molecule has 2 rings (SSSR count). The molecule has 0 aromatic heterocycles. The molecule has 0 atom stereocenters. The first kappa shape index (κ1) is 12.9. The minimum absolute atomic E-state index is 0.213. The summed E-state index contributed by atoms with van der Waals surface area (Å²) in [4.78, 5) is 13.1. The lowest BCUT2D eigenvalue weighted by Crippen LogP contribution is -2.30. The highest BCUT2D eigenvalue weighted by molar-refractivity contribution is 5.68. The maximum Gasteiger partial charge on any atom is 0.303 e. The number of carboxylic acid groups (broad SMARTS) is 1. The van der Waals surface area contributed by atoms with E-state index in [0.717, 1.165) is 13.1 Å². The number of hydrogen-bond donors (Lipinski definition) is 1. The number of anilines is 1. The Kier molecular flexibility index (Phi) is 4.24. The average Bonchev–Trinajstić information content (AvgIpc) is 2.37. The Labute approximate surface area is 108 Å². The molecule has 1 fully saturated rings. The van der Waals surface area contributed by atoms with Crippen LogP contribution in [0.3, 0.4) is 0 Å². The fourth-order valence-electron chi connectivity index (χ4n) is 2.60. The molecule has 1 aromatic rings. The van der Waals surface area contributed by atoms with E-state index in [4.69, 9.17) is 5.11 Å². The molecule has 3 heteroatoms. The molecule has 1 saturated heterocycles. The summed E-state index contributed by atoms with van der Waals surface area (Å²) in [7, 11) is 0. The molecule has 0 unspecified atom stereocenters. The van der Waals surface area contributed by atoms with E-state index in [1.54, 1.807) is 0 Å². The van der Waals surface area contributed by atoms with Crippen LogP contribution < -0.4 is 4.90 Å². The Morgan fingerprint density at radius 2 is 2.00 bits per heavy atom. The smallest absolute Gasteiger partial charge is 0.303 e. The van der Waals surface area contributed by atoms with E-state index < -0.39 is 5.97 Å². The van der Waals surface area contributed by atoms with Gasteiger partial charge in [-0.05, 0) is 44.2 Å². The molecule has 3 nitrogen and oxygen atoms in total. The maximum absolute atomic E-state index is 10.7. The summed E-state index contributed by atoms with van der Waals surface area (Å²) < 4.78 is 0. The summed E-state index contributed by atoms with van der Waals surface area (Å²) in [6.45, 7) is 4.26. The topological polar surface area (TPSA) is 40.5 Å². The standard InChI is InChI=1S/C15H21NO2/c1-12-5-7-14(16-9-3-2-4-10-16)13(11-12)6-8-15(17)18/h5,7,11H,2-4,6,8-10H2,1H3,(H,17,18). The maximum atomic E-state index is 10.7. The van der Waals surface area contributed by atoms with Gasteiger partial charge in [0.1, 0.15) is 0 Å². The lowest BCUT2D eigenvalue weighted by atomic mass is 10.0. The van der Waals surface area contributed by atoms with Crippen molar-refractivity contribution in [2.24, 2.45) is 0 Å². The highest BCUT2D eigenvalue weighted by Crippen LogP contribution is 2.26. The van der Waals surface area contributed by atoms with Crippen molar-refractivity contribution < 1.29 is 9.90 Å². The minimum atomic E-state index is -0.721. The van der Waals surface area contributed by atoms with Crippen LogP contribution in [0.4, 0.5) is 5.69 Å². The van der Waals surface area contributed by atoms with Crippen LogP contribution >= 0.6 is 0 Å². The fraction of sp³-hybridized carbons (Fsp3) is 0.533. The highest BCUT2D eigenvalue weighted by atomic mass is 16.4. The van der Waals surface area contributed by atoms with E-state index in [0.29, 0.717) is 6.42 Å². The zero-order valence-corrected chi connectivity index (χ0v) is 11.0. The van der Waals surface area contributed by atoms with Gasteiger partial charge in [0, 0.05) is 25.2 Å². The van der Waals surface area contributed by atoms with Gasteiger partial charge in [-0.15, -0.1) is 0 Å². The number of aliphatic carboxylic acids is 1. The molecule has 1 N–H and O–H groups in total. The van der Waals surface area contributed by atoms with E-state index in [9.17, 15) is 4.79 Å². The van der Waals surface area contributed by atoms with Gasteiger partial charge in [0.05, 0.1) is 0 Å². The first-order chi connectivity index (χ1) is 8.66. The van der Waals surface area contributed by atoms with Gasteiger partial charge in [-0.25, -0.2) is 0 Å². The normalized spacial score (nSPS) is 15.7. The molecule has 1 heterocycles.